The number of aromatic nitrogens is 1. The van der Waals surface area contributed by atoms with Crippen LogP contribution in [-0.2, 0) is 11.2 Å². The van der Waals surface area contributed by atoms with Crippen LogP contribution < -0.4 is 5.32 Å². The van der Waals surface area contributed by atoms with E-state index in [2.05, 4.69) is 23.3 Å². The number of hydrogen-bond acceptors (Lipinski definition) is 3. The third-order valence-corrected chi connectivity index (χ3v) is 4.17. The summed E-state index contributed by atoms with van der Waals surface area (Å²) in [4.78, 5) is 16.5. The molecule has 3 nitrogen and oxygen atoms in total. The number of benzene rings is 2. The molecule has 0 radical (unpaired) electrons. The summed E-state index contributed by atoms with van der Waals surface area (Å²) in [7, 11) is 0. The Morgan fingerprint density at radius 2 is 1.95 bits per heavy atom. The number of nitrogens with one attached hydrogen (secondary N) is 1. The van der Waals surface area contributed by atoms with Crippen molar-refractivity contribution in [2.45, 2.75) is 20.3 Å². The third kappa shape index (κ3) is 3.28. The Morgan fingerprint density at radius 1 is 1.14 bits per heavy atom. The molecule has 21 heavy (non-hydrogen) atoms. The Kier molecular flexibility index (Phi) is 3.71. The molecule has 0 fully saturated rings. The first-order chi connectivity index (χ1) is 10.1. The normalized spacial score (nSPS) is 10.8. The van der Waals surface area contributed by atoms with E-state index in [1.54, 1.807) is 0 Å². The average molecular weight is 296 g/mol. The van der Waals surface area contributed by atoms with Gasteiger partial charge in [0.25, 0.3) is 0 Å². The Morgan fingerprint density at radius 3 is 2.76 bits per heavy atom. The zero-order chi connectivity index (χ0) is 14.8. The highest BCUT2D eigenvalue weighted by atomic mass is 32.1. The minimum absolute atomic E-state index is 0.0311. The van der Waals surface area contributed by atoms with E-state index in [1.807, 2.05) is 43.3 Å². The van der Waals surface area contributed by atoms with Gasteiger partial charge >= 0.3 is 0 Å². The minimum atomic E-state index is -0.0311. The number of carbonyl (C=O) groups is 1. The number of carbonyl (C=O) groups excluding carboxylic acids is 1. The molecule has 0 aliphatic heterocycles. The van der Waals surface area contributed by atoms with Crippen LogP contribution >= 0.6 is 11.3 Å². The summed E-state index contributed by atoms with van der Waals surface area (Å²) in [6.07, 6.45) is 0.372. The first kappa shape index (κ1) is 13.8. The van der Waals surface area contributed by atoms with Crippen molar-refractivity contribution in [3.8, 4) is 0 Å². The predicted octanol–water partition coefficient (Wildman–Crippen LogP) is 4.09. The van der Waals surface area contributed by atoms with Gasteiger partial charge in [-0.15, -0.1) is 0 Å². The Bertz CT molecular complexity index is 807. The molecule has 1 heterocycles. The average Bonchev–Trinajstić information content (AvgIpc) is 2.79. The zero-order valence-electron chi connectivity index (χ0n) is 12.0. The number of nitrogens with zero attached hydrogens (tertiary/aromatic N) is 1. The molecule has 0 bridgehead atoms. The molecule has 0 unspecified atom stereocenters. The number of anilines is 1. The highest BCUT2D eigenvalue weighted by molar-refractivity contribution is 7.22. The van der Waals surface area contributed by atoms with E-state index >= 15 is 0 Å². The second-order valence-electron chi connectivity index (χ2n) is 5.20. The van der Waals surface area contributed by atoms with Crippen molar-refractivity contribution < 1.29 is 4.79 Å². The molecule has 106 valence electrons. The molecule has 0 aliphatic rings. The van der Waals surface area contributed by atoms with Crippen LogP contribution in [0.3, 0.4) is 0 Å². The number of amides is 1. The van der Waals surface area contributed by atoms with Gasteiger partial charge in [0.15, 0.2) is 5.13 Å². The van der Waals surface area contributed by atoms with E-state index in [4.69, 9.17) is 0 Å². The first-order valence-electron chi connectivity index (χ1n) is 6.83. The molecule has 2 aromatic carbocycles. The second-order valence-corrected chi connectivity index (χ2v) is 6.23. The van der Waals surface area contributed by atoms with Crippen LogP contribution in [0.2, 0.25) is 0 Å². The van der Waals surface area contributed by atoms with Crippen LogP contribution in [-0.4, -0.2) is 10.9 Å². The highest BCUT2D eigenvalue weighted by Gasteiger charge is 2.08. The van der Waals surface area contributed by atoms with E-state index in [9.17, 15) is 4.79 Å². The lowest BCUT2D eigenvalue weighted by atomic mass is 10.1. The Balaban J connectivity index is 1.74. The van der Waals surface area contributed by atoms with Crippen molar-refractivity contribution in [1.29, 1.82) is 0 Å². The number of rotatable bonds is 3. The lowest BCUT2D eigenvalue weighted by molar-refractivity contribution is -0.115. The van der Waals surface area contributed by atoms with Crippen LogP contribution in [0.15, 0.2) is 42.5 Å². The van der Waals surface area contributed by atoms with E-state index in [1.165, 1.54) is 16.9 Å². The summed E-state index contributed by atoms with van der Waals surface area (Å²) in [5.41, 5.74) is 4.31. The Labute approximate surface area is 127 Å². The maximum absolute atomic E-state index is 12.1. The van der Waals surface area contributed by atoms with E-state index < -0.39 is 0 Å². The van der Waals surface area contributed by atoms with Crippen molar-refractivity contribution in [3.05, 3.63) is 59.2 Å². The number of fused-ring (bicyclic) bond motifs is 1. The maximum atomic E-state index is 12.1. The molecule has 3 aromatic rings. The van der Waals surface area contributed by atoms with Crippen molar-refractivity contribution in [1.82, 2.24) is 4.98 Å². The lowest BCUT2D eigenvalue weighted by Crippen LogP contribution is -2.14. The molecule has 0 saturated heterocycles. The van der Waals surface area contributed by atoms with Crippen molar-refractivity contribution in [2.24, 2.45) is 0 Å². The quantitative estimate of drug-likeness (QED) is 0.791. The van der Waals surface area contributed by atoms with Gasteiger partial charge in [-0.25, -0.2) is 4.98 Å². The van der Waals surface area contributed by atoms with Crippen LogP contribution in [0.4, 0.5) is 5.13 Å². The molecular formula is C17H16N2OS. The van der Waals surface area contributed by atoms with E-state index in [0.717, 1.165) is 21.3 Å². The number of thiazole rings is 1. The van der Waals surface area contributed by atoms with Gasteiger partial charge in [-0.2, -0.15) is 0 Å². The third-order valence-electron chi connectivity index (χ3n) is 3.24. The fourth-order valence-electron chi connectivity index (χ4n) is 2.26. The smallest absolute Gasteiger partial charge is 0.230 e. The standard InChI is InChI=1S/C17H16N2OS/c1-11-4-3-5-13(8-11)10-16(20)19-17-18-14-7-6-12(2)9-15(14)21-17/h3-9H,10H2,1-2H3,(H,18,19,20). The molecule has 4 heteroatoms. The summed E-state index contributed by atoms with van der Waals surface area (Å²) >= 11 is 1.51. The first-order valence-corrected chi connectivity index (χ1v) is 7.64. The van der Waals surface area contributed by atoms with Gasteiger partial charge in [0.1, 0.15) is 0 Å². The number of aryl methyl sites for hydroxylation is 2. The SMILES string of the molecule is Cc1cccc(CC(=O)Nc2nc3ccc(C)cc3s2)c1. The molecule has 3 rings (SSSR count). The summed E-state index contributed by atoms with van der Waals surface area (Å²) in [5, 5.41) is 3.55. The van der Waals surface area contributed by atoms with Gasteiger partial charge in [0, 0.05) is 0 Å². The highest BCUT2D eigenvalue weighted by Crippen LogP contribution is 2.26. The van der Waals surface area contributed by atoms with Crippen molar-refractivity contribution in [3.63, 3.8) is 0 Å². The molecule has 0 aliphatic carbocycles. The molecule has 1 N–H and O–H groups in total. The zero-order valence-corrected chi connectivity index (χ0v) is 12.8. The lowest BCUT2D eigenvalue weighted by Gasteiger charge is -2.02. The second kappa shape index (κ2) is 5.66. The Hall–Kier alpha value is -2.20. The van der Waals surface area contributed by atoms with Gasteiger partial charge < -0.3 is 5.32 Å². The van der Waals surface area contributed by atoms with Crippen LogP contribution in [0.1, 0.15) is 16.7 Å². The van der Waals surface area contributed by atoms with Crippen LogP contribution in [0.5, 0.6) is 0 Å². The molecule has 1 amide bonds. The number of hydrogen-bond donors (Lipinski definition) is 1. The fourth-order valence-corrected chi connectivity index (χ4v) is 3.24. The topological polar surface area (TPSA) is 42.0 Å². The minimum Gasteiger partial charge on any atom is -0.302 e. The largest absolute Gasteiger partial charge is 0.302 e. The van der Waals surface area contributed by atoms with Gasteiger partial charge in [0.2, 0.25) is 5.91 Å². The molecule has 0 saturated carbocycles. The van der Waals surface area contributed by atoms with Gasteiger partial charge in [-0.05, 0) is 37.1 Å². The molecule has 1 aromatic heterocycles. The van der Waals surface area contributed by atoms with Crippen molar-refractivity contribution >= 4 is 32.6 Å². The van der Waals surface area contributed by atoms with Gasteiger partial charge in [-0.1, -0.05) is 47.2 Å². The van der Waals surface area contributed by atoms with E-state index in [-0.39, 0.29) is 5.91 Å². The molecular weight excluding hydrogens is 280 g/mol. The summed E-state index contributed by atoms with van der Waals surface area (Å²) < 4.78 is 1.10. The maximum Gasteiger partial charge on any atom is 0.230 e. The van der Waals surface area contributed by atoms with E-state index in [0.29, 0.717) is 11.6 Å². The van der Waals surface area contributed by atoms with Gasteiger partial charge in [0.05, 0.1) is 16.6 Å². The molecule has 0 spiro atoms. The van der Waals surface area contributed by atoms with Gasteiger partial charge in [-0.3, -0.25) is 4.79 Å². The van der Waals surface area contributed by atoms with Crippen molar-refractivity contribution in [2.75, 3.05) is 5.32 Å². The summed E-state index contributed by atoms with van der Waals surface area (Å²) in [6.45, 7) is 4.08. The monoisotopic (exact) mass is 296 g/mol. The summed E-state index contributed by atoms with van der Waals surface area (Å²) in [5.74, 6) is -0.0311. The van der Waals surface area contributed by atoms with Crippen LogP contribution in [0, 0.1) is 13.8 Å². The fraction of sp³-hybridized carbons (Fsp3) is 0.176. The summed E-state index contributed by atoms with van der Waals surface area (Å²) in [6, 6.07) is 14.1. The molecule has 0 atom stereocenters. The predicted molar refractivity (Wildman–Crippen MR) is 87.9 cm³/mol. The van der Waals surface area contributed by atoms with Crippen LogP contribution in [0.25, 0.3) is 10.2 Å².